The Bertz CT molecular complexity index is 524. The molecule has 0 saturated heterocycles. The minimum absolute atomic E-state index is 0.479. The molecule has 4 nitrogen and oxygen atoms in total. The van der Waals surface area contributed by atoms with Crippen molar-refractivity contribution in [1.29, 1.82) is 0 Å². The van der Waals surface area contributed by atoms with Gasteiger partial charge in [0.05, 0.1) is 11.7 Å². The fourth-order valence-electron chi connectivity index (χ4n) is 1.95. The molecule has 18 heavy (non-hydrogen) atoms. The Labute approximate surface area is 111 Å². The molecule has 2 aromatic rings. The lowest BCUT2D eigenvalue weighted by Gasteiger charge is -2.01. The van der Waals surface area contributed by atoms with Crippen molar-refractivity contribution in [2.75, 3.05) is 0 Å². The molecule has 0 saturated carbocycles. The van der Waals surface area contributed by atoms with Gasteiger partial charge in [-0.05, 0) is 25.0 Å². The van der Waals surface area contributed by atoms with Gasteiger partial charge in [0.2, 0.25) is 0 Å². The number of nitrogens with zero attached hydrogens (tertiary/aromatic N) is 3. The molecule has 0 unspecified atom stereocenters. The highest BCUT2D eigenvalue weighted by atomic mass is 35.5. The van der Waals surface area contributed by atoms with Crippen LogP contribution in [0.1, 0.15) is 37.9 Å². The molecular weight excluding hydrogens is 250 g/mol. The Balaban J connectivity index is 1.87. The molecule has 0 aliphatic carbocycles. The largest absolute Gasteiger partial charge is 0.303 e. The van der Waals surface area contributed by atoms with Gasteiger partial charge in [0.1, 0.15) is 17.3 Å². The van der Waals surface area contributed by atoms with Crippen molar-refractivity contribution >= 4 is 23.4 Å². The quantitative estimate of drug-likeness (QED) is 0.571. The molecule has 5 heteroatoms. The second kappa shape index (κ2) is 6.50. The number of aromatic nitrogens is 3. The Morgan fingerprint density at radius 2 is 2.06 bits per heavy atom. The van der Waals surface area contributed by atoms with Crippen molar-refractivity contribution in [3.8, 4) is 0 Å². The number of rotatable bonds is 7. The zero-order valence-corrected chi connectivity index (χ0v) is 10.9. The highest BCUT2D eigenvalue weighted by molar-refractivity contribution is 6.29. The molecule has 0 spiro atoms. The van der Waals surface area contributed by atoms with E-state index in [0.29, 0.717) is 11.6 Å². The number of hydrogen-bond donors (Lipinski definition) is 0. The van der Waals surface area contributed by atoms with E-state index in [4.69, 9.17) is 11.6 Å². The minimum atomic E-state index is 0.479. The van der Waals surface area contributed by atoms with Crippen molar-refractivity contribution in [3.05, 3.63) is 29.3 Å². The van der Waals surface area contributed by atoms with E-state index in [-0.39, 0.29) is 0 Å². The van der Waals surface area contributed by atoms with Crippen LogP contribution in [0.2, 0.25) is 5.15 Å². The van der Waals surface area contributed by atoms with Gasteiger partial charge in [-0.15, -0.1) is 0 Å². The third-order valence-electron chi connectivity index (χ3n) is 2.89. The maximum Gasteiger partial charge on any atom is 0.150 e. The van der Waals surface area contributed by atoms with Gasteiger partial charge >= 0.3 is 0 Å². The van der Waals surface area contributed by atoms with E-state index < -0.39 is 0 Å². The summed E-state index contributed by atoms with van der Waals surface area (Å²) in [7, 11) is 0. The monoisotopic (exact) mass is 265 g/mol. The van der Waals surface area contributed by atoms with Gasteiger partial charge in [-0.25, -0.2) is 9.50 Å². The topological polar surface area (TPSA) is 47.3 Å². The summed E-state index contributed by atoms with van der Waals surface area (Å²) in [6.45, 7) is 0. The van der Waals surface area contributed by atoms with Crippen LogP contribution in [0.5, 0.6) is 0 Å². The van der Waals surface area contributed by atoms with Crippen molar-refractivity contribution in [1.82, 2.24) is 14.6 Å². The third kappa shape index (κ3) is 3.29. The lowest BCUT2D eigenvalue weighted by molar-refractivity contribution is -0.107. The summed E-state index contributed by atoms with van der Waals surface area (Å²) in [5, 5.41) is 4.72. The molecule has 0 amide bonds. The molecule has 96 valence electrons. The van der Waals surface area contributed by atoms with Gasteiger partial charge in [0.25, 0.3) is 0 Å². The predicted molar refractivity (Wildman–Crippen MR) is 70.9 cm³/mol. The summed E-state index contributed by atoms with van der Waals surface area (Å²) in [5.74, 6) is 0.947. The van der Waals surface area contributed by atoms with Crippen molar-refractivity contribution in [3.63, 3.8) is 0 Å². The van der Waals surface area contributed by atoms with Crippen molar-refractivity contribution in [2.24, 2.45) is 0 Å². The van der Waals surface area contributed by atoms with Crippen LogP contribution in [-0.4, -0.2) is 20.9 Å². The van der Waals surface area contributed by atoms with E-state index in [1.54, 1.807) is 10.6 Å². The zero-order valence-electron chi connectivity index (χ0n) is 10.2. The average Bonchev–Trinajstić information content (AvgIpc) is 2.76. The highest BCUT2D eigenvalue weighted by Crippen LogP contribution is 2.12. The Morgan fingerprint density at radius 1 is 1.22 bits per heavy atom. The fraction of sp³-hybridized carbons (Fsp3) is 0.462. The number of carbonyl (C=O) groups is 1. The summed E-state index contributed by atoms with van der Waals surface area (Å²) in [6, 6.07) is 3.68. The Hall–Kier alpha value is -1.42. The second-order valence-corrected chi connectivity index (χ2v) is 4.67. The third-order valence-corrected chi connectivity index (χ3v) is 3.10. The van der Waals surface area contributed by atoms with E-state index in [1.807, 2.05) is 12.3 Å². The molecule has 0 aliphatic heterocycles. The van der Waals surface area contributed by atoms with Crippen molar-refractivity contribution in [2.45, 2.75) is 38.5 Å². The summed E-state index contributed by atoms with van der Waals surface area (Å²) in [6.07, 6.45) is 8.60. The summed E-state index contributed by atoms with van der Waals surface area (Å²) in [4.78, 5) is 14.5. The normalized spacial score (nSPS) is 10.9. The van der Waals surface area contributed by atoms with Crippen molar-refractivity contribution < 1.29 is 4.79 Å². The molecule has 0 fully saturated rings. The first kappa shape index (κ1) is 13.0. The Kier molecular flexibility index (Phi) is 4.70. The smallest absolute Gasteiger partial charge is 0.150 e. The van der Waals surface area contributed by atoms with E-state index in [1.165, 1.54) is 0 Å². The minimum Gasteiger partial charge on any atom is -0.303 e. The maximum atomic E-state index is 10.2. The number of imidazole rings is 1. The molecule has 0 aliphatic rings. The summed E-state index contributed by atoms with van der Waals surface area (Å²) >= 11 is 5.87. The molecular formula is C13H16ClN3O. The molecule has 0 aromatic carbocycles. The standard InChI is InChI=1S/C13H16ClN3O/c14-12-8-7-11-10-15-13(17(11)16-12)6-4-2-1-3-5-9-18/h7-10H,1-6H2. The molecule has 0 bridgehead atoms. The van der Waals surface area contributed by atoms with Crippen LogP contribution in [0.15, 0.2) is 18.3 Å². The number of aryl methyl sites for hydroxylation is 1. The SMILES string of the molecule is O=CCCCCCCc1ncc2ccc(Cl)nn12. The highest BCUT2D eigenvalue weighted by Gasteiger charge is 2.04. The molecule has 2 heterocycles. The average molecular weight is 266 g/mol. The first-order valence-electron chi connectivity index (χ1n) is 6.24. The number of aldehydes is 1. The number of halogens is 1. The second-order valence-electron chi connectivity index (χ2n) is 4.29. The predicted octanol–water partition coefficient (Wildman–Crippen LogP) is 3.07. The molecule has 2 rings (SSSR count). The van der Waals surface area contributed by atoms with E-state index >= 15 is 0 Å². The van der Waals surface area contributed by atoms with Crippen LogP contribution in [0.3, 0.4) is 0 Å². The fourth-order valence-corrected chi connectivity index (χ4v) is 2.08. The van der Waals surface area contributed by atoms with Gasteiger partial charge in [-0.1, -0.05) is 24.4 Å². The number of unbranched alkanes of at least 4 members (excludes halogenated alkanes) is 4. The van der Waals surface area contributed by atoms with Crippen LogP contribution in [0.25, 0.3) is 5.52 Å². The van der Waals surface area contributed by atoms with Crippen LogP contribution in [0, 0.1) is 0 Å². The Morgan fingerprint density at radius 3 is 2.89 bits per heavy atom. The van der Waals surface area contributed by atoms with Gasteiger partial charge in [-0.2, -0.15) is 5.10 Å². The molecule has 0 radical (unpaired) electrons. The summed E-state index contributed by atoms with van der Waals surface area (Å²) < 4.78 is 1.80. The molecule has 2 aromatic heterocycles. The first-order chi connectivity index (χ1) is 8.81. The lowest BCUT2D eigenvalue weighted by atomic mass is 10.1. The number of carbonyl (C=O) groups excluding carboxylic acids is 1. The van der Waals surface area contributed by atoms with Gasteiger partial charge < -0.3 is 4.79 Å². The van der Waals surface area contributed by atoms with E-state index in [9.17, 15) is 4.79 Å². The molecule has 0 N–H and O–H groups in total. The van der Waals surface area contributed by atoms with Crippen LogP contribution >= 0.6 is 11.6 Å². The number of hydrogen-bond acceptors (Lipinski definition) is 3. The number of fused-ring (bicyclic) bond motifs is 1. The van der Waals surface area contributed by atoms with Gasteiger partial charge in [0.15, 0.2) is 0 Å². The van der Waals surface area contributed by atoms with Crippen LogP contribution in [0.4, 0.5) is 0 Å². The maximum absolute atomic E-state index is 10.2. The first-order valence-corrected chi connectivity index (χ1v) is 6.62. The lowest BCUT2D eigenvalue weighted by Crippen LogP contribution is -1.99. The van der Waals surface area contributed by atoms with Gasteiger partial charge in [-0.3, -0.25) is 0 Å². The summed E-state index contributed by atoms with van der Waals surface area (Å²) in [5.41, 5.74) is 0.968. The zero-order chi connectivity index (χ0) is 12.8. The van der Waals surface area contributed by atoms with Gasteiger partial charge in [0, 0.05) is 12.8 Å². The van der Waals surface area contributed by atoms with Crippen LogP contribution in [-0.2, 0) is 11.2 Å². The molecule has 0 atom stereocenters. The van der Waals surface area contributed by atoms with Crippen LogP contribution < -0.4 is 0 Å². The van der Waals surface area contributed by atoms with E-state index in [2.05, 4.69) is 10.1 Å². The van der Waals surface area contributed by atoms with E-state index in [0.717, 1.165) is 49.7 Å².